The van der Waals surface area contributed by atoms with Gasteiger partial charge in [-0.3, -0.25) is 9.69 Å². The summed E-state index contributed by atoms with van der Waals surface area (Å²) in [5.41, 5.74) is 5.72. The standard InChI is InChI=1S/C10H18N2O3/c1-6(2)5-7(11)9(13)8-3-4-12(8)10(14)15/h6-8H,3-5,11H2,1-2H3,(H,14,15)/t7-,8?/m0/s1. The predicted octanol–water partition coefficient (Wildman–Crippen LogP) is 0.681. The molecule has 0 aromatic rings. The molecule has 1 amide bonds. The first-order chi connectivity index (χ1) is 6.93. The molecule has 86 valence electrons. The Bertz CT molecular complexity index is 265. The summed E-state index contributed by atoms with van der Waals surface area (Å²) in [6.45, 7) is 4.42. The summed E-state index contributed by atoms with van der Waals surface area (Å²) in [4.78, 5) is 23.6. The minimum Gasteiger partial charge on any atom is -0.465 e. The lowest BCUT2D eigenvalue weighted by Crippen LogP contribution is -2.58. The van der Waals surface area contributed by atoms with E-state index in [0.29, 0.717) is 25.3 Å². The molecule has 1 rings (SSSR count). The number of ketones is 1. The van der Waals surface area contributed by atoms with Gasteiger partial charge in [-0.1, -0.05) is 13.8 Å². The Kier molecular flexibility index (Phi) is 3.68. The number of carboxylic acid groups (broad SMARTS) is 1. The summed E-state index contributed by atoms with van der Waals surface area (Å²) in [6.07, 6.45) is 0.191. The van der Waals surface area contributed by atoms with Crippen molar-refractivity contribution in [2.45, 2.75) is 38.8 Å². The van der Waals surface area contributed by atoms with Gasteiger partial charge in [-0.15, -0.1) is 0 Å². The van der Waals surface area contributed by atoms with Crippen LogP contribution in [-0.2, 0) is 4.79 Å². The van der Waals surface area contributed by atoms with Gasteiger partial charge in [0, 0.05) is 6.54 Å². The Morgan fingerprint density at radius 1 is 1.53 bits per heavy atom. The van der Waals surface area contributed by atoms with Crippen LogP contribution < -0.4 is 5.73 Å². The van der Waals surface area contributed by atoms with Crippen molar-refractivity contribution in [3.63, 3.8) is 0 Å². The lowest BCUT2D eigenvalue weighted by molar-refractivity contribution is -0.129. The molecule has 1 saturated heterocycles. The quantitative estimate of drug-likeness (QED) is 0.720. The fourth-order valence-corrected chi connectivity index (χ4v) is 1.78. The molecule has 1 aliphatic rings. The third-order valence-corrected chi connectivity index (χ3v) is 2.68. The summed E-state index contributed by atoms with van der Waals surface area (Å²) < 4.78 is 0. The molecule has 1 heterocycles. The Morgan fingerprint density at radius 3 is 2.47 bits per heavy atom. The number of nitrogens with two attached hydrogens (primary N) is 1. The first-order valence-corrected chi connectivity index (χ1v) is 5.22. The molecular formula is C10H18N2O3. The molecule has 0 aliphatic carbocycles. The van der Waals surface area contributed by atoms with E-state index < -0.39 is 18.2 Å². The molecule has 15 heavy (non-hydrogen) atoms. The van der Waals surface area contributed by atoms with E-state index in [1.54, 1.807) is 0 Å². The van der Waals surface area contributed by atoms with E-state index >= 15 is 0 Å². The third kappa shape index (κ3) is 2.68. The zero-order valence-electron chi connectivity index (χ0n) is 9.14. The maximum atomic E-state index is 11.7. The van der Waals surface area contributed by atoms with Crippen LogP contribution in [0.3, 0.4) is 0 Å². The van der Waals surface area contributed by atoms with Gasteiger partial charge in [0.05, 0.1) is 12.1 Å². The second-order valence-corrected chi connectivity index (χ2v) is 4.42. The van der Waals surface area contributed by atoms with E-state index in [-0.39, 0.29) is 5.78 Å². The third-order valence-electron chi connectivity index (χ3n) is 2.68. The second-order valence-electron chi connectivity index (χ2n) is 4.42. The van der Waals surface area contributed by atoms with Gasteiger partial charge >= 0.3 is 6.09 Å². The Balaban J connectivity index is 2.50. The largest absolute Gasteiger partial charge is 0.465 e. The second kappa shape index (κ2) is 4.61. The maximum Gasteiger partial charge on any atom is 0.407 e. The Labute approximate surface area is 89.2 Å². The molecule has 0 aromatic heterocycles. The number of nitrogens with zero attached hydrogens (tertiary/aromatic N) is 1. The number of rotatable bonds is 4. The van der Waals surface area contributed by atoms with Crippen molar-refractivity contribution in [3.05, 3.63) is 0 Å². The van der Waals surface area contributed by atoms with Crippen LogP contribution >= 0.6 is 0 Å². The van der Waals surface area contributed by atoms with Gasteiger partial charge in [-0.2, -0.15) is 0 Å². The Morgan fingerprint density at radius 2 is 2.13 bits per heavy atom. The average Bonchev–Trinajstić information content (AvgIpc) is 1.99. The van der Waals surface area contributed by atoms with Crippen molar-refractivity contribution in [2.75, 3.05) is 6.54 Å². The lowest BCUT2D eigenvalue weighted by atomic mass is 9.91. The van der Waals surface area contributed by atoms with Crippen LogP contribution in [0.5, 0.6) is 0 Å². The van der Waals surface area contributed by atoms with E-state index in [9.17, 15) is 9.59 Å². The first-order valence-electron chi connectivity index (χ1n) is 5.22. The number of hydrogen-bond acceptors (Lipinski definition) is 3. The van der Waals surface area contributed by atoms with Gasteiger partial charge in [0.25, 0.3) is 0 Å². The van der Waals surface area contributed by atoms with Gasteiger partial charge in [-0.05, 0) is 18.8 Å². The van der Waals surface area contributed by atoms with Crippen molar-refractivity contribution in [1.82, 2.24) is 4.90 Å². The highest BCUT2D eigenvalue weighted by Crippen LogP contribution is 2.20. The maximum absolute atomic E-state index is 11.7. The molecule has 1 aliphatic heterocycles. The van der Waals surface area contributed by atoms with Crippen LogP contribution in [0.1, 0.15) is 26.7 Å². The monoisotopic (exact) mass is 214 g/mol. The van der Waals surface area contributed by atoms with E-state index in [2.05, 4.69) is 0 Å². The summed E-state index contributed by atoms with van der Waals surface area (Å²) in [7, 11) is 0. The Hall–Kier alpha value is -1.10. The van der Waals surface area contributed by atoms with Crippen molar-refractivity contribution in [1.29, 1.82) is 0 Å². The average molecular weight is 214 g/mol. The van der Waals surface area contributed by atoms with Gasteiger partial charge in [0.1, 0.15) is 0 Å². The highest BCUT2D eigenvalue weighted by atomic mass is 16.4. The highest BCUT2D eigenvalue weighted by molar-refractivity contribution is 5.92. The molecule has 2 atom stereocenters. The van der Waals surface area contributed by atoms with Crippen LogP contribution in [0.15, 0.2) is 0 Å². The van der Waals surface area contributed by atoms with Gasteiger partial charge in [0.2, 0.25) is 0 Å². The molecule has 0 radical (unpaired) electrons. The van der Waals surface area contributed by atoms with E-state index in [1.165, 1.54) is 0 Å². The number of amides is 1. The normalized spacial score (nSPS) is 22.4. The SMILES string of the molecule is CC(C)C[C@H](N)C(=O)C1CCN1C(=O)O. The minimum atomic E-state index is -1.03. The smallest absolute Gasteiger partial charge is 0.407 e. The van der Waals surface area contributed by atoms with Crippen LogP contribution in [0, 0.1) is 5.92 Å². The number of Topliss-reactive ketones (excluding diaryl/α,β-unsaturated/α-hetero) is 1. The fourth-order valence-electron chi connectivity index (χ4n) is 1.78. The zero-order chi connectivity index (χ0) is 11.6. The molecule has 0 spiro atoms. The van der Waals surface area contributed by atoms with Crippen LogP contribution in [0.4, 0.5) is 4.79 Å². The van der Waals surface area contributed by atoms with E-state index in [1.807, 2.05) is 13.8 Å². The number of hydrogen-bond donors (Lipinski definition) is 2. The molecule has 3 N–H and O–H groups in total. The summed E-state index contributed by atoms with van der Waals surface area (Å²) in [6, 6.07) is -1.03. The van der Waals surface area contributed by atoms with Gasteiger partial charge in [0.15, 0.2) is 5.78 Å². The molecular weight excluding hydrogens is 196 g/mol. The van der Waals surface area contributed by atoms with E-state index in [4.69, 9.17) is 10.8 Å². The molecule has 0 aromatic carbocycles. The highest BCUT2D eigenvalue weighted by Gasteiger charge is 2.39. The van der Waals surface area contributed by atoms with Gasteiger partial charge < -0.3 is 10.8 Å². The molecule has 5 nitrogen and oxygen atoms in total. The van der Waals surface area contributed by atoms with E-state index in [0.717, 1.165) is 4.90 Å². The van der Waals surface area contributed by atoms with Crippen LogP contribution in [-0.4, -0.2) is 40.5 Å². The van der Waals surface area contributed by atoms with Crippen LogP contribution in [0.25, 0.3) is 0 Å². The zero-order valence-corrected chi connectivity index (χ0v) is 9.14. The summed E-state index contributed by atoms with van der Waals surface area (Å²) >= 11 is 0. The van der Waals surface area contributed by atoms with Crippen molar-refractivity contribution < 1.29 is 14.7 Å². The molecule has 5 heteroatoms. The predicted molar refractivity (Wildman–Crippen MR) is 55.6 cm³/mol. The van der Waals surface area contributed by atoms with Crippen LogP contribution in [0.2, 0.25) is 0 Å². The van der Waals surface area contributed by atoms with Gasteiger partial charge in [-0.25, -0.2) is 4.79 Å². The molecule has 0 saturated carbocycles. The topological polar surface area (TPSA) is 83.6 Å². The van der Waals surface area contributed by atoms with Crippen molar-refractivity contribution in [2.24, 2.45) is 11.7 Å². The summed E-state index contributed by atoms with van der Waals surface area (Å²) in [5, 5.41) is 8.75. The number of likely N-dealkylation sites (tertiary alicyclic amines) is 1. The van der Waals surface area contributed by atoms with Crippen molar-refractivity contribution in [3.8, 4) is 0 Å². The molecule has 0 bridgehead atoms. The number of carbonyl (C=O) groups is 2. The summed E-state index contributed by atoms with van der Waals surface area (Å²) in [5.74, 6) is 0.208. The minimum absolute atomic E-state index is 0.141. The lowest BCUT2D eigenvalue weighted by Gasteiger charge is -2.38. The number of carbonyl (C=O) groups excluding carboxylic acids is 1. The fraction of sp³-hybridized carbons (Fsp3) is 0.800. The molecule has 1 fully saturated rings. The van der Waals surface area contributed by atoms with Crippen molar-refractivity contribution >= 4 is 11.9 Å². The first kappa shape index (κ1) is 12.0. The molecule has 1 unspecified atom stereocenters.